The number of hydrogen-bond donors (Lipinski definition) is 3. The molecule has 0 aromatic heterocycles. The molecule has 2 fully saturated rings. The number of thioether (sulfide) groups is 1. The van der Waals surface area contributed by atoms with E-state index in [0.29, 0.717) is 43.9 Å². The Morgan fingerprint density at radius 2 is 1.68 bits per heavy atom. The van der Waals surface area contributed by atoms with Crippen molar-refractivity contribution in [3.05, 3.63) is 78.4 Å². The maximum atomic E-state index is 13.3. The molecule has 4 aliphatic rings. The highest BCUT2D eigenvalue weighted by Gasteiger charge is 2.64. The van der Waals surface area contributed by atoms with Gasteiger partial charge in [-0.25, -0.2) is 4.79 Å². The second-order valence-electron chi connectivity index (χ2n) is 17.6. The van der Waals surface area contributed by atoms with Crippen molar-refractivity contribution in [2.45, 2.75) is 163 Å². The molecule has 1 amide bonds. The Bertz CT molecular complexity index is 1720. The zero-order chi connectivity index (χ0) is 43.4. The van der Waals surface area contributed by atoms with Crippen molar-refractivity contribution in [1.29, 1.82) is 0 Å². The van der Waals surface area contributed by atoms with Gasteiger partial charge < -0.3 is 39.3 Å². The third kappa shape index (κ3) is 13.1. The third-order valence-electron chi connectivity index (χ3n) is 13.1. The molecule has 10 nitrogen and oxygen atoms in total. The van der Waals surface area contributed by atoms with Crippen molar-refractivity contribution in [1.82, 2.24) is 5.32 Å². The largest absolute Gasteiger partial charge is 0.460 e. The van der Waals surface area contributed by atoms with Gasteiger partial charge in [-0.1, -0.05) is 113 Å². The lowest BCUT2D eigenvalue weighted by atomic mass is 9.56. The second-order valence-corrected chi connectivity index (χ2v) is 18.9. The van der Waals surface area contributed by atoms with E-state index in [1.54, 1.807) is 17.8 Å². The number of amides is 1. The van der Waals surface area contributed by atoms with Gasteiger partial charge >= 0.3 is 6.09 Å². The highest BCUT2D eigenvalue weighted by molar-refractivity contribution is 8.00. The summed E-state index contributed by atoms with van der Waals surface area (Å²) < 4.78 is 26.4. The summed E-state index contributed by atoms with van der Waals surface area (Å²) in [4.78, 5) is 20.6. The number of carbonyl (C=O) groups excluding carboxylic acids is 1. The van der Waals surface area contributed by atoms with Crippen LogP contribution in [0.1, 0.15) is 147 Å². The average Bonchev–Trinajstić information content (AvgIpc) is 3.29. The lowest BCUT2D eigenvalue weighted by molar-refractivity contribution is -0.223. The van der Waals surface area contributed by atoms with Crippen molar-refractivity contribution in [3.8, 4) is 11.5 Å². The van der Waals surface area contributed by atoms with E-state index in [4.69, 9.17) is 28.9 Å². The molecule has 2 heterocycles. The number of fused-ring (bicyclic) bond motifs is 2. The number of nitrogens with zero attached hydrogens (tertiary/aromatic N) is 1. The predicted octanol–water partition coefficient (Wildman–Crippen LogP) is 11.6. The van der Waals surface area contributed by atoms with Crippen LogP contribution in [0, 0.1) is 17.8 Å². The predicted molar refractivity (Wildman–Crippen MR) is 248 cm³/mol. The van der Waals surface area contributed by atoms with Crippen molar-refractivity contribution in [3.63, 3.8) is 0 Å². The van der Waals surface area contributed by atoms with Crippen LogP contribution in [0.4, 0.5) is 4.79 Å². The molecule has 1 unspecified atom stereocenters. The fraction of sp³-hybridized carbons (Fsp3) is 0.647. The van der Waals surface area contributed by atoms with Gasteiger partial charge in [0.1, 0.15) is 11.5 Å². The summed E-state index contributed by atoms with van der Waals surface area (Å²) in [5.41, 5.74) is 2.89. The van der Waals surface area contributed by atoms with Gasteiger partial charge in [0.05, 0.1) is 30.1 Å². The molecule has 0 spiro atoms. The lowest BCUT2D eigenvalue weighted by Gasteiger charge is -2.58. The number of allylic oxidation sites excluding steroid dienone is 1. The smallest absolute Gasteiger partial charge is 0.412 e. The first-order valence-corrected chi connectivity index (χ1v) is 24.9. The van der Waals surface area contributed by atoms with E-state index in [2.05, 4.69) is 49.2 Å². The Morgan fingerprint density at radius 1 is 0.935 bits per heavy atom. The minimum Gasteiger partial charge on any atom is -0.460 e. The molecule has 62 heavy (non-hydrogen) atoms. The first-order valence-electron chi connectivity index (χ1n) is 24.0. The van der Waals surface area contributed by atoms with Crippen LogP contribution in [-0.4, -0.2) is 72.3 Å². The molecule has 7 atom stereocenters. The van der Waals surface area contributed by atoms with E-state index >= 15 is 0 Å². The fourth-order valence-electron chi connectivity index (χ4n) is 10.0. The molecule has 6 rings (SSSR count). The van der Waals surface area contributed by atoms with Gasteiger partial charge in [0.2, 0.25) is 12.1 Å². The van der Waals surface area contributed by atoms with Crippen LogP contribution in [-0.2, 0) is 14.3 Å². The van der Waals surface area contributed by atoms with E-state index in [1.165, 1.54) is 51.4 Å². The van der Waals surface area contributed by atoms with Crippen LogP contribution in [0.2, 0.25) is 0 Å². The average molecular weight is 875 g/mol. The van der Waals surface area contributed by atoms with Gasteiger partial charge in [-0.05, 0) is 92.7 Å². The maximum absolute atomic E-state index is 13.3. The normalized spacial score (nSPS) is 25.9. The number of carbonyl (C=O) groups is 1. The summed E-state index contributed by atoms with van der Waals surface area (Å²) >= 11 is 1.73. The number of rotatable bonds is 27. The standard InChI is InChI=1S/C51H74N2O8S/c1-3-5-6-7-8-9-10-11-12-19-30-52-50(56)59-39-28-29-45-43(36-39)48-41(26-17-21-32-55)38(23-16-20-31-54)35-42-44(53-61-47-27-18-22-34-57-47)37-46(62-40-24-14-13-15-25-40)51(60-45,49(42)48)58-33-4-2/h4,13-15,24-25,28-29,35-36,38,41,46-49,54-55H,2-3,5-12,16-23,26-27,30-34,37H2,1H3,(H,52,56)/t38-,41+,46-,47?,48+,49+,51+/m0/s1. The lowest BCUT2D eigenvalue weighted by Crippen LogP contribution is -2.64. The molecule has 0 bridgehead atoms. The fourth-order valence-corrected chi connectivity index (χ4v) is 11.3. The van der Waals surface area contributed by atoms with Crippen LogP contribution >= 0.6 is 11.8 Å². The van der Waals surface area contributed by atoms with Gasteiger partial charge in [-0.2, -0.15) is 0 Å². The Balaban J connectivity index is 1.32. The molecule has 2 aliphatic heterocycles. The van der Waals surface area contributed by atoms with Crippen molar-refractivity contribution < 1.29 is 38.8 Å². The van der Waals surface area contributed by atoms with Crippen LogP contribution in [0.5, 0.6) is 11.5 Å². The number of unbranched alkanes of at least 4 members (excludes halogenated alkanes) is 11. The first kappa shape index (κ1) is 48.1. The molecule has 1 saturated carbocycles. The van der Waals surface area contributed by atoms with Gasteiger partial charge in [0, 0.05) is 49.0 Å². The Morgan fingerprint density at radius 3 is 2.39 bits per heavy atom. The number of hydrogen-bond acceptors (Lipinski definition) is 10. The number of aliphatic hydroxyl groups excluding tert-OH is 2. The Hall–Kier alpha value is -3.35. The number of aliphatic hydroxyl groups is 2. The van der Waals surface area contributed by atoms with Gasteiger partial charge in [-0.15, -0.1) is 18.3 Å². The van der Waals surface area contributed by atoms with Gasteiger partial charge in [0.15, 0.2) is 0 Å². The summed E-state index contributed by atoms with van der Waals surface area (Å²) in [5, 5.41) is 27.6. The van der Waals surface area contributed by atoms with Crippen molar-refractivity contribution in [2.24, 2.45) is 22.9 Å². The summed E-state index contributed by atoms with van der Waals surface area (Å²) in [6.07, 6.45) is 23.9. The van der Waals surface area contributed by atoms with E-state index < -0.39 is 18.2 Å². The third-order valence-corrected chi connectivity index (χ3v) is 14.4. The summed E-state index contributed by atoms with van der Waals surface area (Å²) in [6.45, 7) is 8.09. The van der Waals surface area contributed by atoms with E-state index in [-0.39, 0.29) is 48.7 Å². The number of benzene rings is 2. The topological polar surface area (TPSA) is 128 Å². The zero-order valence-corrected chi connectivity index (χ0v) is 38.1. The summed E-state index contributed by atoms with van der Waals surface area (Å²) in [6, 6.07) is 16.1. The second kappa shape index (κ2) is 25.8. The molecule has 3 N–H and O–H groups in total. The minimum absolute atomic E-state index is 0.116. The first-order chi connectivity index (χ1) is 30.5. The zero-order valence-electron chi connectivity index (χ0n) is 37.3. The van der Waals surface area contributed by atoms with E-state index in [9.17, 15) is 15.0 Å². The molecule has 342 valence electrons. The van der Waals surface area contributed by atoms with Crippen molar-refractivity contribution >= 4 is 23.6 Å². The molecule has 11 heteroatoms. The monoisotopic (exact) mass is 875 g/mol. The van der Waals surface area contributed by atoms with Crippen LogP contribution in [0.25, 0.3) is 0 Å². The summed E-state index contributed by atoms with van der Waals surface area (Å²) in [5.74, 6) is -0.0771. The van der Waals surface area contributed by atoms with Crippen molar-refractivity contribution in [2.75, 3.05) is 33.0 Å². The SMILES string of the molecule is C=CCO[C@@]12Oc3ccc(OC(=O)NCCCCCCCCCCCC)cc3[C@H]3[C@H](CCCCO)[C@@H](CCCCO)C=C(C(=NOC4CCCCO4)C[C@@H]1Sc1ccccc1)[C@H]32. The van der Waals surface area contributed by atoms with Crippen LogP contribution in [0.15, 0.2) is 82.9 Å². The highest BCUT2D eigenvalue weighted by atomic mass is 32.2. The quantitative estimate of drug-likeness (QED) is 0.0456. The molecular weight excluding hydrogens is 801 g/mol. The Kier molecular flexibility index (Phi) is 20.0. The van der Waals surface area contributed by atoms with E-state index in [1.807, 2.05) is 24.3 Å². The molecule has 2 aromatic rings. The van der Waals surface area contributed by atoms with Gasteiger partial charge in [0.25, 0.3) is 0 Å². The molecule has 1 saturated heterocycles. The highest BCUT2D eigenvalue weighted by Crippen LogP contribution is 2.63. The summed E-state index contributed by atoms with van der Waals surface area (Å²) in [7, 11) is 0. The van der Waals surface area contributed by atoms with E-state index in [0.717, 1.165) is 79.5 Å². The molecule has 2 aromatic carbocycles. The molecule has 0 radical (unpaired) electrons. The molecular formula is C51H74N2O8S. The number of oxime groups is 1. The maximum Gasteiger partial charge on any atom is 0.412 e. The Labute approximate surface area is 375 Å². The number of nitrogens with one attached hydrogen (secondary N) is 1. The minimum atomic E-state index is -1.11. The van der Waals surface area contributed by atoms with Gasteiger partial charge in [-0.3, -0.25) is 0 Å². The molecule has 2 aliphatic carbocycles. The van der Waals surface area contributed by atoms with Crippen LogP contribution < -0.4 is 14.8 Å². The number of ether oxygens (including phenoxy) is 4. The van der Waals surface area contributed by atoms with Crippen LogP contribution in [0.3, 0.4) is 0 Å².